The second kappa shape index (κ2) is 7.83. The molecular weight excluding hydrogens is 387 g/mol. The summed E-state index contributed by atoms with van der Waals surface area (Å²) < 4.78 is -2.84. The summed E-state index contributed by atoms with van der Waals surface area (Å²) in [5, 5.41) is 0. The minimum atomic E-state index is -1.55. The highest BCUT2D eigenvalue weighted by Crippen LogP contribution is 2.37. The zero-order valence-corrected chi connectivity index (χ0v) is 14.2. The Morgan fingerprint density at radius 2 is 1.20 bits per heavy atom. The molecule has 0 aliphatic rings. The maximum absolute atomic E-state index is 5.59. The average molecular weight is 394 g/mol. The van der Waals surface area contributed by atoms with E-state index in [9.17, 15) is 0 Å². The van der Waals surface area contributed by atoms with Crippen molar-refractivity contribution in [2.75, 3.05) is 0 Å². The number of rotatable bonds is 0. The number of hydrogen-bond donors (Lipinski definition) is 0. The van der Waals surface area contributed by atoms with Gasteiger partial charge in [-0.3, -0.25) is 0 Å². The Bertz CT molecular complexity index is 460. The molecule has 0 radical (unpaired) electrons. The van der Waals surface area contributed by atoms with Crippen LogP contribution < -0.4 is 0 Å². The van der Waals surface area contributed by atoms with Crippen LogP contribution in [-0.2, 0) is 7.59 Å². The van der Waals surface area contributed by atoms with Gasteiger partial charge in [-0.05, 0) is 0 Å². The largest absolute Gasteiger partial charge is 0.250 e. The molecule has 1 heterocycles. The van der Waals surface area contributed by atoms with E-state index in [1.807, 2.05) is 18.2 Å². The van der Waals surface area contributed by atoms with E-state index in [-0.39, 0.29) is 5.82 Å². The summed E-state index contributed by atoms with van der Waals surface area (Å²) in [5.74, 6) is 0.132. The number of alkyl halides is 6. The van der Waals surface area contributed by atoms with Gasteiger partial charge >= 0.3 is 0 Å². The lowest BCUT2D eigenvalue weighted by Crippen LogP contribution is -2.06. The summed E-state index contributed by atoms with van der Waals surface area (Å²) in [5.41, 5.74) is 0.694. The van der Waals surface area contributed by atoms with Gasteiger partial charge in [-0.2, -0.15) is 0 Å². The van der Waals surface area contributed by atoms with E-state index in [4.69, 9.17) is 69.6 Å². The third-order valence-corrected chi connectivity index (χ3v) is 3.01. The molecule has 0 atom stereocenters. The second-order valence-corrected chi connectivity index (χ2v) is 7.89. The van der Waals surface area contributed by atoms with Gasteiger partial charge in [0, 0.05) is 5.56 Å². The SMILES string of the molecule is ClC(Cl)(Cl)c1ccccc1.ClC(Cl)(Cl)c1ncncn1. The maximum atomic E-state index is 5.59. The van der Waals surface area contributed by atoms with Crippen molar-refractivity contribution in [1.82, 2.24) is 15.0 Å². The zero-order valence-electron chi connectivity index (χ0n) is 9.65. The highest BCUT2D eigenvalue weighted by atomic mass is 35.6. The molecule has 0 aliphatic heterocycles. The van der Waals surface area contributed by atoms with Crippen LogP contribution in [0.5, 0.6) is 0 Å². The van der Waals surface area contributed by atoms with Crippen molar-refractivity contribution in [2.45, 2.75) is 7.59 Å². The Morgan fingerprint density at radius 3 is 1.50 bits per heavy atom. The first-order valence-corrected chi connectivity index (χ1v) is 7.29. The molecule has 9 heteroatoms. The number of halogens is 6. The smallest absolute Gasteiger partial charge is 0.225 e. The van der Waals surface area contributed by atoms with Crippen molar-refractivity contribution in [3.05, 3.63) is 54.4 Å². The zero-order chi connectivity index (χ0) is 15.2. The van der Waals surface area contributed by atoms with E-state index < -0.39 is 7.59 Å². The molecule has 0 amide bonds. The number of nitrogens with zero attached hydrogens (tertiary/aromatic N) is 3. The molecule has 1 aromatic heterocycles. The van der Waals surface area contributed by atoms with Crippen molar-refractivity contribution >= 4 is 69.6 Å². The van der Waals surface area contributed by atoms with Gasteiger partial charge in [0.2, 0.25) is 7.59 Å². The Hall–Kier alpha value is -0.0300. The van der Waals surface area contributed by atoms with Crippen LogP contribution in [0.3, 0.4) is 0 Å². The molecule has 0 saturated carbocycles. The quantitative estimate of drug-likeness (QED) is 0.576. The summed E-state index contributed by atoms with van der Waals surface area (Å²) in [6, 6.07) is 9.08. The average Bonchev–Trinajstić information content (AvgIpc) is 2.40. The lowest BCUT2D eigenvalue weighted by molar-refractivity contribution is 0.916. The first-order chi connectivity index (χ1) is 9.21. The summed E-state index contributed by atoms with van der Waals surface area (Å²) in [6.45, 7) is 0. The lowest BCUT2D eigenvalue weighted by atomic mass is 10.2. The predicted octanol–water partition coefficient (Wildman–Crippen LogP) is 5.21. The first kappa shape index (κ1) is 18.0. The van der Waals surface area contributed by atoms with Gasteiger partial charge in [-0.1, -0.05) is 99.9 Å². The molecular formula is C11H7Cl6N3. The third-order valence-electron chi connectivity index (χ3n) is 1.85. The van der Waals surface area contributed by atoms with Crippen molar-refractivity contribution in [1.29, 1.82) is 0 Å². The van der Waals surface area contributed by atoms with Gasteiger partial charge in [-0.25, -0.2) is 15.0 Å². The van der Waals surface area contributed by atoms with Gasteiger partial charge in [0.05, 0.1) is 0 Å². The van der Waals surface area contributed by atoms with Crippen LogP contribution in [0, 0.1) is 0 Å². The van der Waals surface area contributed by atoms with E-state index in [2.05, 4.69) is 15.0 Å². The lowest BCUT2D eigenvalue weighted by Gasteiger charge is -2.09. The highest BCUT2D eigenvalue weighted by molar-refractivity contribution is 6.67. The Kier molecular flexibility index (Phi) is 7.06. The van der Waals surface area contributed by atoms with Crippen molar-refractivity contribution < 1.29 is 0 Å². The minimum absolute atomic E-state index is 0.132. The third kappa shape index (κ3) is 6.61. The highest BCUT2D eigenvalue weighted by Gasteiger charge is 2.25. The molecule has 1 aromatic carbocycles. The summed E-state index contributed by atoms with van der Waals surface area (Å²) in [4.78, 5) is 10.8. The van der Waals surface area contributed by atoms with Crippen LogP contribution >= 0.6 is 69.6 Å². The van der Waals surface area contributed by atoms with Crippen molar-refractivity contribution in [3.8, 4) is 0 Å². The molecule has 0 bridgehead atoms. The van der Waals surface area contributed by atoms with Gasteiger partial charge < -0.3 is 0 Å². The molecule has 0 N–H and O–H groups in total. The van der Waals surface area contributed by atoms with Crippen LogP contribution in [0.1, 0.15) is 11.4 Å². The van der Waals surface area contributed by atoms with Crippen LogP contribution in [0.25, 0.3) is 0 Å². The summed E-state index contributed by atoms with van der Waals surface area (Å²) >= 11 is 33.1. The number of aromatic nitrogens is 3. The van der Waals surface area contributed by atoms with Gasteiger partial charge in [0.25, 0.3) is 0 Å². The van der Waals surface area contributed by atoms with Crippen LogP contribution in [0.15, 0.2) is 43.0 Å². The Morgan fingerprint density at radius 1 is 0.700 bits per heavy atom. The van der Waals surface area contributed by atoms with Crippen molar-refractivity contribution in [2.24, 2.45) is 0 Å². The molecule has 0 aliphatic carbocycles. The minimum Gasteiger partial charge on any atom is -0.225 e. The van der Waals surface area contributed by atoms with E-state index in [0.29, 0.717) is 5.56 Å². The maximum Gasteiger partial charge on any atom is 0.250 e. The van der Waals surface area contributed by atoms with Gasteiger partial charge in [0.15, 0.2) is 5.82 Å². The van der Waals surface area contributed by atoms with Crippen LogP contribution in [0.4, 0.5) is 0 Å². The number of hydrogen-bond acceptors (Lipinski definition) is 3. The standard InChI is InChI=1S/C7H5Cl3.C4H2Cl3N3/c8-7(9,10)6-4-2-1-3-5-6;5-4(6,7)3-9-1-8-2-10-3/h1-5H;1-2H. The molecule has 0 saturated heterocycles. The van der Waals surface area contributed by atoms with Gasteiger partial charge in [0.1, 0.15) is 12.7 Å². The molecule has 2 rings (SSSR count). The molecule has 20 heavy (non-hydrogen) atoms. The molecule has 0 spiro atoms. The van der Waals surface area contributed by atoms with E-state index in [0.717, 1.165) is 0 Å². The van der Waals surface area contributed by atoms with E-state index in [1.54, 1.807) is 12.1 Å². The normalized spacial score (nSPS) is 11.5. The van der Waals surface area contributed by atoms with E-state index in [1.165, 1.54) is 12.7 Å². The molecule has 0 fully saturated rings. The first-order valence-electron chi connectivity index (χ1n) is 5.02. The topological polar surface area (TPSA) is 38.7 Å². The summed E-state index contributed by atoms with van der Waals surface area (Å²) in [6.07, 6.45) is 2.54. The fraction of sp³-hybridized carbons (Fsp3) is 0.182. The fourth-order valence-electron chi connectivity index (χ4n) is 1.01. The number of benzene rings is 1. The monoisotopic (exact) mass is 391 g/mol. The van der Waals surface area contributed by atoms with E-state index >= 15 is 0 Å². The Labute approximate surface area is 146 Å². The Balaban J connectivity index is 0.000000200. The van der Waals surface area contributed by atoms with Crippen LogP contribution in [0.2, 0.25) is 0 Å². The molecule has 3 nitrogen and oxygen atoms in total. The van der Waals surface area contributed by atoms with Gasteiger partial charge in [-0.15, -0.1) is 0 Å². The second-order valence-electron chi connectivity index (χ2n) is 3.32. The fourth-order valence-corrected chi connectivity index (χ4v) is 1.68. The molecule has 2 aromatic rings. The molecule has 108 valence electrons. The summed E-state index contributed by atoms with van der Waals surface area (Å²) in [7, 11) is 0. The van der Waals surface area contributed by atoms with Crippen LogP contribution in [-0.4, -0.2) is 15.0 Å². The molecule has 0 unspecified atom stereocenters. The predicted molar refractivity (Wildman–Crippen MR) is 84.7 cm³/mol. The van der Waals surface area contributed by atoms with Crippen molar-refractivity contribution in [3.63, 3.8) is 0 Å².